The average Bonchev–Trinajstić information content (AvgIpc) is 2.30. The van der Waals surface area contributed by atoms with Gasteiger partial charge in [-0.3, -0.25) is 0 Å². The molecular formula is C12H15Cl2NO2. The summed E-state index contributed by atoms with van der Waals surface area (Å²) in [4.78, 5) is 11.8. The molecule has 0 heterocycles. The lowest BCUT2D eigenvalue weighted by atomic mass is 10.1. The topological polar surface area (TPSA) is 38.3 Å². The number of hydrogen-bond donors (Lipinski definition) is 1. The maximum atomic E-state index is 11.8. The minimum atomic E-state index is -0.505. The smallest absolute Gasteiger partial charge is 0.327 e. The maximum Gasteiger partial charge on any atom is 0.327 e. The molecule has 0 radical (unpaired) electrons. The number of esters is 1. The molecule has 1 aromatic rings. The van der Waals surface area contributed by atoms with E-state index in [0.29, 0.717) is 23.2 Å². The summed E-state index contributed by atoms with van der Waals surface area (Å²) in [5.74, 6) is -0.312. The Morgan fingerprint density at radius 3 is 2.59 bits per heavy atom. The summed E-state index contributed by atoms with van der Waals surface area (Å²) in [6.07, 6.45) is 0. The van der Waals surface area contributed by atoms with Crippen LogP contribution in [0.2, 0.25) is 10.0 Å². The Hall–Kier alpha value is -0.770. The van der Waals surface area contributed by atoms with Gasteiger partial charge in [0.1, 0.15) is 6.04 Å². The molecule has 17 heavy (non-hydrogen) atoms. The molecule has 5 heteroatoms. The summed E-state index contributed by atoms with van der Waals surface area (Å²) in [6, 6.07) is 4.60. The van der Waals surface area contributed by atoms with Crippen LogP contribution in [0.4, 0.5) is 0 Å². The molecule has 0 spiro atoms. The van der Waals surface area contributed by atoms with E-state index in [4.69, 9.17) is 27.9 Å². The predicted molar refractivity (Wildman–Crippen MR) is 69.5 cm³/mol. The lowest BCUT2D eigenvalue weighted by Crippen LogP contribution is -2.30. The van der Waals surface area contributed by atoms with Crippen LogP contribution in [0, 0.1) is 0 Å². The molecule has 0 saturated heterocycles. The third-order valence-electron chi connectivity index (χ3n) is 2.21. The van der Waals surface area contributed by atoms with Crippen molar-refractivity contribution >= 4 is 29.2 Å². The number of carbonyl (C=O) groups excluding carboxylic acids is 1. The van der Waals surface area contributed by atoms with Crippen molar-refractivity contribution < 1.29 is 9.53 Å². The molecule has 0 aromatic heterocycles. The minimum absolute atomic E-state index is 0.312. The third kappa shape index (κ3) is 3.87. The Balaban J connectivity index is 2.96. The van der Waals surface area contributed by atoms with Gasteiger partial charge in [-0.25, -0.2) is 4.79 Å². The molecule has 1 atom stereocenters. The maximum absolute atomic E-state index is 11.8. The number of rotatable bonds is 5. The van der Waals surface area contributed by atoms with Gasteiger partial charge >= 0.3 is 5.97 Å². The van der Waals surface area contributed by atoms with Crippen LogP contribution in [0.3, 0.4) is 0 Å². The van der Waals surface area contributed by atoms with Crippen LogP contribution < -0.4 is 5.32 Å². The van der Waals surface area contributed by atoms with E-state index in [1.165, 1.54) is 0 Å². The minimum Gasteiger partial charge on any atom is -0.465 e. The van der Waals surface area contributed by atoms with E-state index in [0.717, 1.165) is 5.56 Å². The first-order valence-corrected chi connectivity index (χ1v) is 6.20. The molecule has 0 aliphatic heterocycles. The van der Waals surface area contributed by atoms with Gasteiger partial charge < -0.3 is 10.1 Å². The fourth-order valence-electron chi connectivity index (χ4n) is 1.46. The standard InChI is InChI=1S/C12H15Cl2NO2/c1-3-15-11(12(16)17-4-2)8-5-6-9(13)10(14)7-8/h5-7,11,15H,3-4H2,1-2H3. The molecule has 1 unspecified atom stereocenters. The normalized spacial score (nSPS) is 12.2. The number of hydrogen-bond acceptors (Lipinski definition) is 3. The number of carbonyl (C=O) groups is 1. The van der Waals surface area contributed by atoms with E-state index in [-0.39, 0.29) is 5.97 Å². The monoisotopic (exact) mass is 275 g/mol. The van der Waals surface area contributed by atoms with Gasteiger partial charge in [0, 0.05) is 0 Å². The van der Waals surface area contributed by atoms with E-state index < -0.39 is 6.04 Å². The van der Waals surface area contributed by atoms with E-state index in [9.17, 15) is 4.79 Å². The Labute approximate surface area is 111 Å². The molecule has 0 amide bonds. The SMILES string of the molecule is CCNC(C(=O)OCC)c1ccc(Cl)c(Cl)c1. The molecular weight excluding hydrogens is 261 g/mol. The quantitative estimate of drug-likeness (QED) is 0.839. The summed E-state index contributed by atoms with van der Waals surface area (Å²) in [7, 11) is 0. The van der Waals surface area contributed by atoms with Gasteiger partial charge in [-0.1, -0.05) is 36.2 Å². The lowest BCUT2D eigenvalue weighted by Gasteiger charge is -2.17. The first kappa shape index (κ1) is 14.3. The average molecular weight is 276 g/mol. The van der Waals surface area contributed by atoms with Crippen molar-refractivity contribution in [1.82, 2.24) is 5.32 Å². The summed E-state index contributed by atoms with van der Waals surface area (Å²) in [6.45, 7) is 4.70. The van der Waals surface area contributed by atoms with Crippen molar-refractivity contribution in [3.8, 4) is 0 Å². The first-order chi connectivity index (χ1) is 8.10. The first-order valence-electron chi connectivity index (χ1n) is 5.45. The van der Waals surface area contributed by atoms with Crippen LogP contribution in [0.1, 0.15) is 25.5 Å². The molecule has 0 aliphatic rings. The van der Waals surface area contributed by atoms with Crippen LogP contribution in [-0.2, 0) is 9.53 Å². The zero-order valence-corrected chi connectivity index (χ0v) is 11.3. The molecule has 1 rings (SSSR count). The van der Waals surface area contributed by atoms with Crippen LogP contribution in [0.25, 0.3) is 0 Å². The van der Waals surface area contributed by atoms with Gasteiger partial charge in [0.2, 0.25) is 0 Å². The lowest BCUT2D eigenvalue weighted by molar-refractivity contribution is -0.145. The molecule has 94 valence electrons. The Morgan fingerprint density at radius 2 is 2.06 bits per heavy atom. The Bertz CT molecular complexity index is 396. The molecule has 0 bridgehead atoms. The molecule has 3 nitrogen and oxygen atoms in total. The third-order valence-corrected chi connectivity index (χ3v) is 2.95. The number of benzene rings is 1. The highest BCUT2D eigenvalue weighted by Gasteiger charge is 2.21. The van der Waals surface area contributed by atoms with Crippen molar-refractivity contribution in [2.75, 3.05) is 13.2 Å². The highest BCUT2D eigenvalue weighted by molar-refractivity contribution is 6.42. The predicted octanol–water partition coefficient (Wildman–Crippen LogP) is 3.21. The summed E-state index contributed by atoms with van der Waals surface area (Å²) >= 11 is 11.8. The van der Waals surface area contributed by atoms with Crippen molar-refractivity contribution in [1.29, 1.82) is 0 Å². The van der Waals surface area contributed by atoms with Gasteiger partial charge in [0.05, 0.1) is 16.7 Å². The van der Waals surface area contributed by atoms with E-state index >= 15 is 0 Å². The van der Waals surface area contributed by atoms with Crippen molar-refractivity contribution in [2.45, 2.75) is 19.9 Å². The summed E-state index contributed by atoms with van der Waals surface area (Å²) in [5.41, 5.74) is 0.750. The highest BCUT2D eigenvalue weighted by atomic mass is 35.5. The molecule has 1 aromatic carbocycles. The second-order valence-corrected chi connectivity index (χ2v) is 4.23. The van der Waals surface area contributed by atoms with E-state index in [1.807, 2.05) is 6.92 Å². The van der Waals surface area contributed by atoms with Crippen LogP contribution in [0.5, 0.6) is 0 Å². The van der Waals surface area contributed by atoms with Crippen LogP contribution in [0.15, 0.2) is 18.2 Å². The number of ether oxygens (including phenoxy) is 1. The van der Waals surface area contributed by atoms with Crippen LogP contribution >= 0.6 is 23.2 Å². The van der Waals surface area contributed by atoms with Gasteiger partial charge in [-0.2, -0.15) is 0 Å². The van der Waals surface area contributed by atoms with E-state index in [2.05, 4.69) is 5.32 Å². The largest absolute Gasteiger partial charge is 0.465 e. The fourth-order valence-corrected chi connectivity index (χ4v) is 1.77. The van der Waals surface area contributed by atoms with Crippen molar-refractivity contribution in [2.24, 2.45) is 0 Å². The Kier molecular flexibility index (Phi) is 5.75. The second-order valence-electron chi connectivity index (χ2n) is 3.42. The van der Waals surface area contributed by atoms with Gasteiger partial charge in [-0.05, 0) is 31.2 Å². The van der Waals surface area contributed by atoms with Crippen LogP contribution in [-0.4, -0.2) is 19.1 Å². The van der Waals surface area contributed by atoms with Crippen molar-refractivity contribution in [3.63, 3.8) is 0 Å². The highest BCUT2D eigenvalue weighted by Crippen LogP contribution is 2.26. The number of halogens is 2. The van der Waals surface area contributed by atoms with Gasteiger partial charge in [-0.15, -0.1) is 0 Å². The van der Waals surface area contributed by atoms with Crippen molar-refractivity contribution in [3.05, 3.63) is 33.8 Å². The molecule has 0 saturated carbocycles. The number of likely N-dealkylation sites (N-methyl/N-ethyl adjacent to an activating group) is 1. The molecule has 0 fully saturated rings. The van der Waals surface area contributed by atoms with Gasteiger partial charge in [0.15, 0.2) is 0 Å². The molecule has 1 N–H and O–H groups in total. The van der Waals surface area contributed by atoms with Gasteiger partial charge in [0.25, 0.3) is 0 Å². The van der Waals surface area contributed by atoms with E-state index in [1.54, 1.807) is 25.1 Å². The Morgan fingerprint density at radius 1 is 1.35 bits per heavy atom. The molecule has 0 aliphatic carbocycles. The number of nitrogens with one attached hydrogen (secondary N) is 1. The summed E-state index contributed by atoms with van der Waals surface area (Å²) < 4.78 is 5.00. The fraction of sp³-hybridized carbons (Fsp3) is 0.417. The zero-order chi connectivity index (χ0) is 12.8. The second kappa shape index (κ2) is 6.84. The summed E-state index contributed by atoms with van der Waals surface area (Å²) in [5, 5.41) is 3.95. The zero-order valence-electron chi connectivity index (χ0n) is 9.80.